The first-order valence-corrected chi connectivity index (χ1v) is 9.22. The fraction of sp³-hybridized carbons (Fsp3) is 0.333. The molecule has 0 saturated carbocycles. The summed E-state index contributed by atoms with van der Waals surface area (Å²) in [6.45, 7) is 2.45. The average Bonchev–Trinajstić information content (AvgIpc) is 3.41. The highest BCUT2D eigenvalue weighted by Gasteiger charge is 2.45. The van der Waals surface area contributed by atoms with Crippen molar-refractivity contribution in [2.75, 3.05) is 13.1 Å². The van der Waals surface area contributed by atoms with E-state index in [-0.39, 0.29) is 11.5 Å². The third-order valence-electron chi connectivity index (χ3n) is 5.04. The molecule has 0 N–H and O–H groups in total. The largest absolute Gasteiger partial charge is 0.459 e. The molecular weight excluding hydrogens is 338 g/mol. The average molecular weight is 355 g/mol. The number of imidazole rings is 1. The van der Waals surface area contributed by atoms with Gasteiger partial charge in [0.2, 0.25) is 0 Å². The number of nitrogens with zero attached hydrogens (tertiary/aromatic N) is 3. The van der Waals surface area contributed by atoms with Gasteiger partial charge in [-0.3, -0.25) is 4.79 Å². The van der Waals surface area contributed by atoms with Gasteiger partial charge in [-0.05, 0) is 30.0 Å². The van der Waals surface area contributed by atoms with Gasteiger partial charge in [0, 0.05) is 17.5 Å². The van der Waals surface area contributed by atoms with Crippen LogP contribution in [-0.4, -0.2) is 39.0 Å². The monoisotopic (exact) mass is 355 g/mol. The van der Waals surface area contributed by atoms with Crippen LogP contribution >= 0.6 is 11.3 Å². The van der Waals surface area contributed by atoms with Crippen LogP contribution in [0.3, 0.4) is 0 Å². The van der Waals surface area contributed by atoms with Crippen molar-refractivity contribution in [1.29, 1.82) is 0 Å². The minimum absolute atomic E-state index is 0.0695. The molecule has 0 aliphatic carbocycles. The Morgan fingerprint density at radius 1 is 1.32 bits per heavy atom. The van der Waals surface area contributed by atoms with E-state index in [4.69, 9.17) is 9.15 Å². The van der Waals surface area contributed by atoms with E-state index in [9.17, 15) is 4.79 Å². The molecular formula is C18H17N3O3S. The molecule has 5 rings (SSSR count). The Kier molecular flexibility index (Phi) is 3.33. The second kappa shape index (κ2) is 5.57. The molecule has 0 aromatic carbocycles. The summed E-state index contributed by atoms with van der Waals surface area (Å²) in [6.07, 6.45) is 4.27. The van der Waals surface area contributed by atoms with Gasteiger partial charge in [0.05, 0.1) is 31.2 Å². The Hall–Kier alpha value is -2.38. The van der Waals surface area contributed by atoms with Gasteiger partial charge in [0.25, 0.3) is 5.91 Å². The van der Waals surface area contributed by atoms with Crippen molar-refractivity contribution in [2.24, 2.45) is 0 Å². The maximum atomic E-state index is 12.5. The van der Waals surface area contributed by atoms with Crippen molar-refractivity contribution in [3.63, 3.8) is 0 Å². The summed E-state index contributed by atoms with van der Waals surface area (Å²) >= 11 is 1.68. The lowest BCUT2D eigenvalue weighted by atomic mass is 10.0. The molecule has 3 aromatic heterocycles. The zero-order valence-corrected chi connectivity index (χ0v) is 14.4. The molecule has 3 aromatic rings. The van der Waals surface area contributed by atoms with E-state index in [1.165, 1.54) is 11.8 Å². The number of thiophene rings is 1. The summed E-state index contributed by atoms with van der Waals surface area (Å²) in [5.74, 6) is 1.26. The van der Waals surface area contributed by atoms with E-state index < -0.39 is 0 Å². The second-order valence-corrected chi connectivity index (χ2v) is 7.36. The lowest BCUT2D eigenvalue weighted by Crippen LogP contribution is -2.45. The van der Waals surface area contributed by atoms with Crippen molar-refractivity contribution in [3.8, 4) is 11.3 Å². The smallest absolute Gasteiger partial charge is 0.289 e. The Bertz CT molecular complexity index is 900. The van der Waals surface area contributed by atoms with Crippen molar-refractivity contribution in [1.82, 2.24) is 14.5 Å². The summed E-state index contributed by atoms with van der Waals surface area (Å²) in [5, 5.41) is 4.21. The topological polar surface area (TPSA) is 60.5 Å². The zero-order valence-electron chi connectivity index (χ0n) is 13.6. The van der Waals surface area contributed by atoms with Gasteiger partial charge in [0.1, 0.15) is 18.0 Å². The lowest BCUT2D eigenvalue weighted by Gasteiger charge is -2.35. The van der Waals surface area contributed by atoms with Gasteiger partial charge >= 0.3 is 0 Å². The first kappa shape index (κ1) is 14.9. The number of furan rings is 1. The van der Waals surface area contributed by atoms with Gasteiger partial charge in [-0.25, -0.2) is 4.98 Å². The number of rotatable bonds is 2. The molecule has 0 unspecified atom stereocenters. The van der Waals surface area contributed by atoms with Crippen LogP contribution in [0.15, 0.2) is 45.8 Å². The highest BCUT2D eigenvalue weighted by Crippen LogP contribution is 2.36. The lowest BCUT2D eigenvalue weighted by molar-refractivity contribution is -0.0805. The first-order chi connectivity index (χ1) is 12.2. The van der Waals surface area contributed by atoms with E-state index in [2.05, 4.69) is 26.4 Å². The molecule has 1 saturated heterocycles. The standard InChI is InChI=1S/C18H17N3O3S/c22-17(15-2-1-6-23-15)20-5-4-18(11-20)12-21-14(13-3-7-25-10-13)8-19-16(21)9-24-18/h1-3,6-8,10H,4-5,9,11-12H2/t18-/m0/s1. The zero-order chi connectivity index (χ0) is 16.9. The number of amides is 1. The summed E-state index contributed by atoms with van der Waals surface area (Å²) in [6, 6.07) is 5.55. The van der Waals surface area contributed by atoms with E-state index in [0.717, 1.165) is 24.5 Å². The normalized spacial score (nSPS) is 22.5. The third-order valence-corrected chi connectivity index (χ3v) is 5.73. The van der Waals surface area contributed by atoms with Crippen LogP contribution in [0.1, 0.15) is 22.8 Å². The van der Waals surface area contributed by atoms with Crippen molar-refractivity contribution in [3.05, 3.63) is 53.0 Å². The number of aromatic nitrogens is 2. The molecule has 0 bridgehead atoms. The molecule has 1 amide bonds. The van der Waals surface area contributed by atoms with Crippen LogP contribution in [0.2, 0.25) is 0 Å². The summed E-state index contributed by atoms with van der Waals surface area (Å²) in [5.41, 5.74) is 1.96. The van der Waals surface area contributed by atoms with Crippen molar-refractivity contribution >= 4 is 17.2 Å². The Balaban J connectivity index is 1.40. The quantitative estimate of drug-likeness (QED) is 0.709. The number of ether oxygens (including phenoxy) is 1. The van der Waals surface area contributed by atoms with Gasteiger partial charge in [-0.1, -0.05) is 0 Å². The van der Waals surface area contributed by atoms with Crippen LogP contribution in [0.25, 0.3) is 11.3 Å². The van der Waals surface area contributed by atoms with Crippen molar-refractivity contribution in [2.45, 2.75) is 25.2 Å². The number of carbonyl (C=O) groups excluding carboxylic acids is 1. The van der Waals surface area contributed by atoms with E-state index in [1.54, 1.807) is 23.5 Å². The predicted octanol–water partition coefficient (Wildman–Crippen LogP) is 3.02. The molecule has 5 heterocycles. The summed E-state index contributed by atoms with van der Waals surface area (Å²) in [4.78, 5) is 18.9. The minimum Gasteiger partial charge on any atom is -0.459 e. The molecule has 6 nitrogen and oxygen atoms in total. The van der Waals surface area contributed by atoms with E-state index in [0.29, 0.717) is 25.5 Å². The molecule has 1 fully saturated rings. The highest BCUT2D eigenvalue weighted by atomic mass is 32.1. The van der Waals surface area contributed by atoms with Crippen LogP contribution < -0.4 is 0 Å². The fourth-order valence-corrected chi connectivity index (χ4v) is 4.37. The Morgan fingerprint density at radius 2 is 2.28 bits per heavy atom. The SMILES string of the molecule is O=C(c1ccco1)N1CC[C@]2(C1)Cn1c(-c3ccsc3)cnc1CO2. The van der Waals surface area contributed by atoms with Crippen LogP contribution in [0.5, 0.6) is 0 Å². The highest BCUT2D eigenvalue weighted by molar-refractivity contribution is 7.08. The first-order valence-electron chi connectivity index (χ1n) is 8.28. The summed E-state index contributed by atoms with van der Waals surface area (Å²) < 4.78 is 13.7. The molecule has 128 valence electrons. The maximum absolute atomic E-state index is 12.5. The van der Waals surface area contributed by atoms with E-state index in [1.807, 2.05) is 11.1 Å². The number of carbonyl (C=O) groups is 1. The molecule has 1 atom stereocenters. The maximum Gasteiger partial charge on any atom is 0.289 e. The second-order valence-electron chi connectivity index (χ2n) is 6.58. The number of hydrogen-bond acceptors (Lipinski definition) is 5. The molecule has 2 aliphatic rings. The molecule has 2 aliphatic heterocycles. The van der Waals surface area contributed by atoms with Crippen LogP contribution in [-0.2, 0) is 17.9 Å². The van der Waals surface area contributed by atoms with E-state index >= 15 is 0 Å². The fourth-order valence-electron chi connectivity index (χ4n) is 3.72. The van der Waals surface area contributed by atoms with Crippen LogP contribution in [0, 0.1) is 0 Å². The van der Waals surface area contributed by atoms with Crippen LogP contribution in [0.4, 0.5) is 0 Å². The molecule has 7 heteroatoms. The summed E-state index contributed by atoms with van der Waals surface area (Å²) in [7, 11) is 0. The van der Waals surface area contributed by atoms with Crippen molar-refractivity contribution < 1.29 is 13.9 Å². The predicted molar refractivity (Wildman–Crippen MR) is 92.3 cm³/mol. The van der Waals surface area contributed by atoms with Gasteiger partial charge in [0.15, 0.2) is 5.76 Å². The number of fused-ring (bicyclic) bond motifs is 1. The molecule has 25 heavy (non-hydrogen) atoms. The minimum atomic E-state index is -0.347. The van der Waals surface area contributed by atoms with Gasteiger partial charge in [-0.15, -0.1) is 0 Å². The number of hydrogen-bond donors (Lipinski definition) is 0. The Morgan fingerprint density at radius 3 is 3.08 bits per heavy atom. The Labute approximate surface area is 148 Å². The third kappa shape index (κ3) is 2.42. The number of likely N-dealkylation sites (tertiary alicyclic amines) is 1. The molecule has 0 radical (unpaired) electrons. The van der Waals surface area contributed by atoms with Gasteiger partial charge < -0.3 is 18.6 Å². The molecule has 1 spiro atoms. The van der Waals surface area contributed by atoms with Gasteiger partial charge in [-0.2, -0.15) is 11.3 Å².